The van der Waals surface area contributed by atoms with E-state index < -0.39 is 17.2 Å². The van der Waals surface area contributed by atoms with Gasteiger partial charge in [-0.3, -0.25) is 18.7 Å². The number of para-hydroxylation sites is 1. The van der Waals surface area contributed by atoms with Crippen LogP contribution >= 0.6 is 0 Å². The predicted octanol–water partition coefficient (Wildman–Crippen LogP) is 3.52. The number of rotatable bonds is 5. The normalized spacial score (nSPS) is 11.2. The highest BCUT2D eigenvalue weighted by Gasteiger charge is 2.18. The second-order valence-electron chi connectivity index (χ2n) is 8.49. The Morgan fingerprint density at radius 2 is 1.82 bits per heavy atom. The van der Waals surface area contributed by atoms with Gasteiger partial charge in [-0.1, -0.05) is 43.9 Å². The summed E-state index contributed by atoms with van der Waals surface area (Å²) in [7, 11) is 1.89. The molecule has 33 heavy (non-hydrogen) atoms. The average molecular weight is 444 g/mol. The summed E-state index contributed by atoms with van der Waals surface area (Å²) >= 11 is 0. The first kappa shape index (κ1) is 22.2. The highest BCUT2D eigenvalue weighted by molar-refractivity contribution is 5.91. The minimum atomic E-state index is -1.08. The Kier molecular flexibility index (Phi) is 5.93. The lowest BCUT2D eigenvalue weighted by Gasteiger charge is -2.13. The number of nitrogens with zero attached hydrogens (tertiary/aromatic N) is 3. The molecule has 168 valence electrons. The number of fused-ring (bicyclic) bond motifs is 2. The van der Waals surface area contributed by atoms with E-state index >= 15 is 0 Å². The molecule has 0 atom stereocenters. The summed E-state index contributed by atoms with van der Waals surface area (Å²) in [6.45, 7) is 3.95. The molecule has 4 rings (SSSR count). The van der Waals surface area contributed by atoms with E-state index in [0.29, 0.717) is 28.1 Å². The monoisotopic (exact) mass is 443 g/mol. The standard InChI is InChI=1S/C26H25N3O4/c1-17(2)7-6-8-18-11-12-22-20(15-18)25(32)28(14-13-24(30)31)26(33)29(22)23-16-27(3)21-10-5-4-9-19(21)23/h4-5,9-12,15-17H,7,13-14H2,1-3H3,(H,30,31). The van der Waals surface area contributed by atoms with E-state index in [2.05, 4.69) is 25.7 Å². The van der Waals surface area contributed by atoms with Crippen molar-refractivity contribution < 1.29 is 9.90 Å². The summed E-state index contributed by atoms with van der Waals surface area (Å²) in [4.78, 5) is 37.9. The minimum Gasteiger partial charge on any atom is -0.481 e. The van der Waals surface area contributed by atoms with E-state index in [1.54, 1.807) is 18.2 Å². The van der Waals surface area contributed by atoms with E-state index in [1.807, 2.05) is 42.1 Å². The van der Waals surface area contributed by atoms with Gasteiger partial charge in [0.1, 0.15) is 0 Å². The number of carboxylic acid groups (broad SMARTS) is 1. The molecule has 2 heterocycles. The van der Waals surface area contributed by atoms with Crippen molar-refractivity contribution in [1.29, 1.82) is 0 Å². The molecule has 0 aliphatic heterocycles. The van der Waals surface area contributed by atoms with Crippen molar-refractivity contribution in [3.05, 3.63) is 75.1 Å². The highest BCUT2D eigenvalue weighted by Crippen LogP contribution is 2.25. The molecule has 0 spiro atoms. The van der Waals surface area contributed by atoms with Gasteiger partial charge in [0.25, 0.3) is 5.56 Å². The van der Waals surface area contributed by atoms with Gasteiger partial charge in [-0.25, -0.2) is 4.79 Å². The Bertz CT molecular complexity index is 1560. The first-order valence-electron chi connectivity index (χ1n) is 10.8. The number of benzene rings is 2. The van der Waals surface area contributed by atoms with Crippen molar-refractivity contribution in [3.8, 4) is 17.5 Å². The molecular weight excluding hydrogens is 418 g/mol. The van der Waals surface area contributed by atoms with Crippen LogP contribution in [0.15, 0.2) is 58.3 Å². The topological polar surface area (TPSA) is 86.2 Å². The van der Waals surface area contributed by atoms with E-state index in [4.69, 9.17) is 5.11 Å². The molecule has 0 fully saturated rings. The van der Waals surface area contributed by atoms with E-state index in [9.17, 15) is 14.4 Å². The molecule has 2 aromatic carbocycles. The molecule has 0 bridgehead atoms. The fraction of sp³-hybridized carbons (Fsp3) is 0.269. The maximum Gasteiger partial charge on any atom is 0.336 e. The Labute approximate surface area is 190 Å². The van der Waals surface area contributed by atoms with Crippen molar-refractivity contribution in [2.75, 3.05) is 0 Å². The molecule has 7 heteroatoms. The van der Waals surface area contributed by atoms with Crippen LogP contribution in [0.1, 0.15) is 32.3 Å². The third kappa shape index (κ3) is 4.20. The van der Waals surface area contributed by atoms with Gasteiger partial charge in [0, 0.05) is 42.7 Å². The number of hydrogen-bond acceptors (Lipinski definition) is 3. The maximum absolute atomic E-state index is 13.5. The lowest BCUT2D eigenvalue weighted by molar-refractivity contribution is -0.137. The van der Waals surface area contributed by atoms with Crippen molar-refractivity contribution in [2.24, 2.45) is 13.0 Å². The van der Waals surface area contributed by atoms with Crippen LogP contribution in [0.2, 0.25) is 0 Å². The van der Waals surface area contributed by atoms with Crippen LogP contribution in [0.25, 0.3) is 27.5 Å². The van der Waals surface area contributed by atoms with Gasteiger partial charge in [-0.15, -0.1) is 0 Å². The van der Waals surface area contributed by atoms with Crippen LogP contribution in [0.3, 0.4) is 0 Å². The Morgan fingerprint density at radius 1 is 1.06 bits per heavy atom. The quantitative estimate of drug-likeness (QED) is 0.478. The van der Waals surface area contributed by atoms with Crippen LogP contribution in [0.5, 0.6) is 0 Å². The van der Waals surface area contributed by atoms with Gasteiger partial charge < -0.3 is 9.67 Å². The number of aryl methyl sites for hydroxylation is 1. The Hall–Kier alpha value is -4.05. The van der Waals surface area contributed by atoms with Crippen molar-refractivity contribution in [3.63, 3.8) is 0 Å². The lowest BCUT2D eigenvalue weighted by atomic mass is 10.1. The van der Waals surface area contributed by atoms with Crippen molar-refractivity contribution in [1.82, 2.24) is 13.7 Å². The third-order valence-electron chi connectivity index (χ3n) is 5.54. The zero-order valence-corrected chi connectivity index (χ0v) is 18.8. The van der Waals surface area contributed by atoms with Gasteiger partial charge in [-0.05, 0) is 30.2 Å². The first-order chi connectivity index (χ1) is 15.8. The molecule has 4 aromatic rings. The summed E-state index contributed by atoms with van der Waals surface area (Å²) in [5, 5.41) is 10.3. The van der Waals surface area contributed by atoms with Crippen molar-refractivity contribution >= 4 is 27.8 Å². The van der Waals surface area contributed by atoms with Crippen LogP contribution in [-0.4, -0.2) is 24.8 Å². The fourth-order valence-corrected chi connectivity index (χ4v) is 3.93. The molecule has 0 aliphatic carbocycles. The van der Waals surface area contributed by atoms with Crippen LogP contribution < -0.4 is 11.2 Å². The summed E-state index contributed by atoms with van der Waals surface area (Å²) < 4.78 is 4.41. The van der Waals surface area contributed by atoms with E-state index in [1.165, 1.54) is 4.57 Å². The zero-order valence-electron chi connectivity index (χ0n) is 18.8. The fourth-order valence-electron chi connectivity index (χ4n) is 3.93. The predicted molar refractivity (Wildman–Crippen MR) is 129 cm³/mol. The largest absolute Gasteiger partial charge is 0.481 e. The van der Waals surface area contributed by atoms with E-state index in [0.717, 1.165) is 21.9 Å². The SMILES string of the molecule is CC(C)CC#Cc1ccc2c(c1)c(=O)n(CCC(=O)O)c(=O)n2-c1cn(C)c2ccccc12. The highest BCUT2D eigenvalue weighted by atomic mass is 16.4. The van der Waals surface area contributed by atoms with Crippen molar-refractivity contribution in [2.45, 2.75) is 33.2 Å². The second-order valence-corrected chi connectivity index (χ2v) is 8.49. The third-order valence-corrected chi connectivity index (χ3v) is 5.54. The molecule has 0 aliphatic rings. The summed E-state index contributed by atoms with van der Waals surface area (Å²) in [6, 6.07) is 12.9. The second kappa shape index (κ2) is 8.83. The average Bonchev–Trinajstić information content (AvgIpc) is 3.10. The zero-order chi connectivity index (χ0) is 23.7. The van der Waals surface area contributed by atoms with Crippen LogP contribution in [0.4, 0.5) is 0 Å². The molecule has 0 unspecified atom stereocenters. The molecule has 0 radical (unpaired) electrons. The molecule has 0 saturated heterocycles. The minimum absolute atomic E-state index is 0.211. The maximum atomic E-state index is 13.5. The molecule has 0 amide bonds. The number of carbonyl (C=O) groups is 1. The molecule has 7 nitrogen and oxygen atoms in total. The molecule has 2 aromatic heterocycles. The molecule has 0 saturated carbocycles. The van der Waals surface area contributed by atoms with Gasteiger partial charge in [0.15, 0.2) is 0 Å². The molecule has 1 N–H and O–H groups in total. The smallest absolute Gasteiger partial charge is 0.336 e. The number of aliphatic carboxylic acids is 1. The van der Waals surface area contributed by atoms with Gasteiger partial charge in [0.05, 0.1) is 23.0 Å². The first-order valence-corrected chi connectivity index (χ1v) is 10.8. The van der Waals surface area contributed by atoms with Gasteiger partial charge >= 0.3 is 11.7 Å². The van der Waals surface area contributed by atoms with Crippen LogP contribution in [-0.2, 0) is 18.4 Å². The van der Waals surface area contributed by atoms with Gasteiger partial charge in [0.2, 0.25) is 0 Å². The number of carboxylic acids is 1. The summed E-state index contributed by atoms with van der Waals surface area (Å²) in [5.74, 6) is 5.56. The Balaban J connectivity index is 2.03. The van der Waals surface area contributed by atoms with E-state index in [-0.39, 0.29) is 13.0 Å². The Morgan fingerprint density at radius 3 is 2.55 bits per heavy atom. The van der Waals surface area contributed by atoms with Crippen LogP contribution in [0, 0.1) is 17.8 Å². The summed E-state index contributed by atoms with van der Waals surface area (Å²) in [6.07, 6.45) is 2.24. The molecular formula is C26H25N3O4. The summed E-state index contributed by atoms with van der Waals surface area (Å²) in [5.41, 5.74) is 1.62. The van der Waals surface area contributed by atoms with Gasteiger partial charge in [-0.2, -0.15) is 0 Å². The number of aromatic nitrogens is 3. The number of hydrogen-bond donors (Lipinski definition) is 1. The lowest BCUT2D eigenvalue weighted by Crippen LogP contribution is -2.40.